The van der Waals surface area contributed by atoms with Gasteiger partial charge in [0.1, 0.15) is 18.4 Å². The SMILES string of the molecule is COC(=O)C1CCN2C(=O)N(c3ccc(OCc4ccccc4)cc3)C(=O)C2C1. The molecule has 0 spiro atoms. The predicted molar refractivity (Wildman–Crippen MR) is 105 cm³/mol. The summed E-state index contributed by atoms with van der Waals surface area (Å²) in [4.78, 5) is 40.2. The lowest BCUT2D eigenvalue weighted by Crippen LogP contribution is -2.44. The topological polar surface area (TPSA) is 76.2 Å². The summed E-state index contributed by atoms with van der Waals surface area (Å²) in [5.41, 5.74) is 1.55. The number of hydrogen-bond donors (Lipinski definition) is 0. The molecule has 0 N–H and O–H groups in total. The molecule has 2 aliphatic heterocycles. The number of esters is 1. The predicted octanol–water partition coefficient (Wildman–Crippen LogP) is 2.99. The lowest BCUT2D eigenvalue weighted by atomic mass is 9.91. The number of ether oxygens (including phenoxy) is 2. The molecule has 29 heavy (non-hydrogen) atoms. The summed E-state index contributed by atoms with van der Waals surface area (Å²) in [5.74, 6) is -0.336. The fraction of sp³-hybridized carbons (Fsp3) is 0.318. The van der Waals surface area contributed by atoms with Gasteiger partial charge in [-0.15, -0.1) is 0 Å². The van der Waals surface area contributed by atoms with Gasteiger partial charge in [-0.2, -0.15) is 0 Å². The van der Waals surface area contributed by atoms with Crippen LogP contribution in [-0.4, -0.2) is 42.5 Å². The molecule has 2 aromatic rings. The molecule has 2 unspecified atom stereocenters. The number of nitrogens with zero attached hydrogens (tertiary/aromatic N) is 2. The Hall–Kier alpha value is -3.35. The van der Waals surface area contributed by atoms with Crippen molar-refractivity contribution in [2.24, 2.45) is 5.92 Å². The summed E-state index contributed by atoms with van der Waals surface area (Å²) >= 11 is 0. The van der Waals surface area contributed by atoms with E-state index in [-0.39, 0.29) is 23.8 Å². The van der Waals surface area contributed by atoms with E-state index in [0.29, 0.717) is 37.4 Å². The van der Waals surface area contributed by atoms with Crippen LogP contribution in [0.4, 0.5) is 10.5 Å². The number of rotatable bonds is 5. The van der Waals surface area contributed by atoms with Gasteiger partial charge in [-0.05, 0) is 42.7 Å². The number of urea groups is 1. The van der Waals surface area contributed by atoms with Gasteiger partial charge in [0.15, 0.2) is 0 Å². The van der Waals surface area contributed by atoms with Gasteiger partial charge in [-0.25, -0.2) is 9.69 Å². The van der Waals surface area contributed by atoms with Crippen molar-refractivity contribution in [2.75, 3.05) is 18.6 Å². The Labute approximate surface area is 168 Å². The van der Waals surface area contributed by atoms with E-state index in [0.717, 1.165) is 5.56 Å². The molecule has 4 rings (SSSR count). The minimum absolute atomic E-state index is 0.298. The van der Waals surface area contributed by atoms with Crippen molar-refractivity contribution in [3.63, 3.8) is 0 Å². The van der Waals surface area contributed by atoms with Crippen LogP contribution < -0.4 is 9.64 Å². The fourth-order valence-electron chi connectivity index (χ4n) is 3.85. The molecule has 0 aromatic heterocycles. The first-order valence-electron chi connectivity index (χ1n) is 9.57. The molecule has 0 radical (unpaired) electrons. The average Bonchev–Trinajstić information content (AvgIpc) is 3.02. The Morgan fingerprint density at radius 2 is 1.79 bits per heavy atom. The fourth-order valence-corrected chi connectivity index (χ4v) is 3.85. The molecule has 2 atom stereocenters. The van der Waals surface area contributed by atoms with Crippen LogP contribution in [0.5, 0.6) is 5.75 Å². The molecule has 2 aromatic carbocycles. The van der Waals surface area contributed by atoms with Crippen LogP contribution in [0.1, 0.15) is 18.4 Å². The average molecular weight is 394 g/mol. The number of benzene rings is 2. The summed E-state index contributed by atoms with van der Waals surface area (Å²) in [6.45, 7) is 0.802. The van der Waals surface area contributed by atoms with E-state index in [4.69, 9.17) is 9.47 Å². The van der Waals surface area contributed by atoms with Gasteiger partial charge in [-0.3, -0.25) is 9.59 Å². The Bertz CT molecular complexity index is 913. The van der Waals surface area contributed by atoms with Crippen molar-refractivity contribution in [1.82, 2.24) is 4.90 Å². The van der Waals surface area contributed by atoms with Crippen LogP contribution in [0.15, 0.2) is 54.6 Å². The maximum atomic E-state index is 12.9. The van der Waals surface area contributed by atoms with Gasteiger partial charge in [0.2, 0.25) is 0 Å². The number of piperidine rings is 1. The smallest absolute Gasteiger partial charge is 0.332 e. The highest BCUT2D eigenvalue weighted by molar-refractivity contribution is 6.21. The number of imide groups is 1. The van der Waals surface area contributed by atoms with Gasteiger partial charge in [0.25, 0.3) is 5.91 Å². The summed E-state index contributed by atoms with van der Waals surface area (Å²) in [7, 11) is 1.34. The third kappa shape index (κ3) is 3.68. The molecule has 150 valence electrons. The minimum Gasteiger partial charge on any atom is -0.489 e. The normalized spacial score (nSPS) is 21.1. The number of anilines is 1. The number of carbonyl (C=O) groups excluding carboxylic acids is 3. The Morgan fingerprint density at radius 3 is 2.48 bits per heavy atom. The van der Waals surface area contributed by atoms with Gasteiger partial charge < -0.3 is 14.4 Å². The highest BCUT2D eigenvalue weighted by atomic mass is 16.5. The Balaban J connectivity index is 1.45. The highest BCUT2D eigenvalue weighted by Crippen LogP contribution is 2.34. The van der Waals surface area contributed by atoms with E-state index in [1.165, 1.54) is 12.0 Å². The van der Waals surface area contributed by atoms with Crippen LogP contribution in [0.2, 0.25) is 0 Å². The van der Waals surface area contributed by atoms with Crippen LogP contribution >= 0.6 is 0 Å². The first kappa shape index (κ1) is 19.0. The second kappa shape index (κ2) is 7.95. The standard InChI is InChI=1S/C22H22N2O5/c1-28-21(26)16-11-12-23-19(13-16)20(25)24(22(23)27)17-7-9-18(10-8-17)29-14-15-5-3-2-4-6-15/h2-10,16,19H,11-14H2,1H3. The lowest BCUT2D eigenvalue weighted by Gasteiger charge is -2.30. The van der Waals surface area contributed by atoms with Gasteiger partial charge in [-0.1, -0.05) is 30.3 Å². The van der Waals surface area contributed by atoms with E-state index >= 15 is 0 Å². The zero-order valence-corrected chi connectivity index (χ0v) is 16.1. The minimum atomic E-state index is -0.616. The van der Waals surface area contributed by atoms with Crippen molar-refractivity contribution in [1.29, 1.82) is 0 Å². The summed E-state index contributed by atoms with van der Waals surface area (Å²) < 4.78 is 10.6. The van der Waals surface area contributed by atoms with Crippen molar-refractivity contribution in [3.8, 4) is 5.75 Å². The van der Waals surface area contributed by atoms with Crippen LogP contribution in [0.25, 0.3) is 0 Å². The molecule has 0 saturated carbocycles. The maximum absolute atomic E-state index is 12.9. The summed E-state index contributed by atoms with van der Waals surface area (Å²) in [6, 6.07) is 15.7. The van der Waals surface area contributed by atoms with E-state index in [1.54, 1.807) is 29.2 Å². The first-order valence-corrected chi connectivity index (χ1v) is 9.57. The van der Waals surface area contributed by atoms with E-state index < -0.39 is 6.04 Å². The molecule has 0 aliphatic carbocycles. The molecule has 2 fully saturated rings. The molecule has 7 heteroatoms. The largest absolute Gasteiger partial charge is 0.489 e. The van der Waals surface area contributed by atoms with E-state index in [1.807, 2.05) is 30.3 Å². The van der Waals surface area contributed by atoms with Crippen molar-refractivity contribution in [3.05, 3.63) is 60.2 Å². The number of amides is 3. The zero-order chi connectivity index (χ0) is 20.4. The second-order valence-electron chi connectivity index (χ2n) is 7.18. The number of methoxy groups -OCH3 is 1. The number of fused-ring (bicyclic) bond motifs is 1. The van der Waals surface area contributed by atoms with Crippen LogP contribution in [0, 0.1) is 5.92 Å². The molecule has 2 aliphatic rings. The highest BCUT2D eigenvalue weighted by Gasteiger charge is 2.49. The zero-order valence-electron chi connectivity index (χ0n) is 16.1. The van der Waals surface area contributed by atoms with Gasteiger partial charge in [0.05, 0.1) is 18.7 Å². The third-order valence-electron chi connectivity index (χ3n) is 5.42. The third-order valence-corrected chi connectivity index (χ3v) is 5.42. The molecular weight excluding hydrogens is 372 g/mol. The number of hydrogen-bond acceptors (Lipinski definition) is 5. The summed E-state index contributed by atoms with van der Waals surface area (Å²) in [5, 5.41) is 0. The van der Waals surface area contributed by atoms with Crippen molar-refractivity contribution in [2.45, 2.75) is 25.5 Å². The van der Waals surface area contributed by atoms with E-state index in [2.05, 4.69) is 0 Å². The monoisotopic (exact) mass is 394 g/mol. The molecule has 2 saturated heterocycles. The molecule has 3 amide bonds. The maximum Gasteiger partial charge on any atom is 0.332 e. The van der Waals surface area contributed by atoms with Crippen molar-refractivity contribution >= 4 is 23.6 Å². The van der Waals surface area contributed by atoms with Crippen molar-refractivity contribution < 1.29 is 23.9 Å². The van der Waals surface area contributed by atoms with Crippen LogP contribution in [0.3, 0.4) is 0 Å². The molecule has 2 heterocycles. The quantitative estimate of drug-likeness (QED) is 0.576. The Morgan fingerprint density at radius 1 is 1.07 bits per heavy atom. The first-order chi connectivity index (χ1) is 14.1. The van der Waals surface area contributed by atoms with Gasteiger partial charge in [0, 0.05) is 6.54 Å². The second-order valence-corrected chi connectivity index (χ2v) is 7.18. The molecule has 7 nitrogen and oxygen atoms in total. The van der Waals surface area contributed by atoms with Crippen LogP contribution in [-0.2, 0) is 20.9 Å². The molecule has 0 bridgehead atoms. The number of carbonyl (C=O) groups is 3. The van der Waals surface area contributed by atoms with E-state index in [9.17, 15) is 14.4 Å². The lowest BCUT2D eigenvalue weighted by molar-refractivity contribution is -0.147. The van der Waals surface area contributed by atoms with Gasteiger partial charge >= 0.3 is 12.0 Å². The summed E-state index contributed by atoms with van der Waals surface area (Å²) in [6.07, 6.45) is 0.800. The molecular formula is C22H22N2O5. The Kier molecular flexibility index (Phi) is 5.20.